The molecule has 20 heavy (non-hydrogen) atoms. The van der Waals surface area contributed by atoms with Crippen LogP contribution in [0.25, 0.3) is 0 Å². The van der Waals surface area contributed by atoms with Crippen molar-refractivity contribution in [3.63, 3.8) is 0 Å². The number of rotatable bonds is 1. The summed E-state index contributed by atoms with van der Waals surface area (Å²) in [6, 6.07) is 0. The second kappa shape index (κ2) is 4.72. The highest BCUT2D eigenvalue weighted by atomic mass is 19.4. The van der Waals surface area contributed by atoms with E-state index in [-0.39, 0.29) is 23.1 Å². The summed E-state index contributed by atoms with van der Waals surface area (Å²) < 4.78 is 40.2. The van der Waals surface area contributed by atoms with E-state index in [1.807, 2.05) is 6.92 Å². The van der Waals surface area contributed by atoms with Gasteiger partial charge in [-0.25, -0.2) is 0 Å². The molecule has 0 aromatic carbocycles. The van der Waals surface area contributed by atoms with Gasteiger partial charge in [0.25, 0.3) is 5.72 Å². The number of aliphatic hydroxyl groups is 1. The van der Waals surface area contributed by atoms with E-state index in [2.05, 4.69) is 5.10 Å². The Labute approximate surface area is 115 Å². The van der Waals surface area contributed by atoms with Crippen LogP contribution in [0.4, 0.5) is 13.2 Å². The van der Waals surface area contributed by atoms with E-state index in [0.29, 0.717) is 6.42 Å². The Hall–Kier alpha value is -1.11. The van der Waals surface area contributed by atoms with Crippen molar-refractivity contribution in [1.29, 1.82) is 0 Å². The number of hydrogen-bond acceptors (Lipinski definition) is 3. The van der Waals surface area contributed by atoms with Crippen molar-refractivity contribution < 1.29 is 23.1 Å². The fraction of sp³-hybridized carbons (Fsp3) is 0.846. The van der Waals surface area contributed by atoms with E-state index in [0.717, 1.165) is 6.42 Å². The van der Waals surface area contributed by atoms with Gasteiger partial charge in [-0.05, 0) is 25.2 Å². The molecule has 0 spiro atoms. The molecule has 114 valence electrons. The normalized spacial score (nSPS) is 34.2. The predicted molar refractivity (Wildman–Crippen MR) is 66.6 cm³/mol. The lowest BCUT2D eigenvalue weighted by molar-refractivity contribution is -0.318. The SMILES string of the molecule is CC(C)C(=O)N1N=C2CC[C@@H](C)C[C@@H]2[C@@]1(O)C(F)(F)F. The van der Waals surface area contributed by atoms with Gasteiger partial charge in [-0.2, -0.15) is 23.3 Å². The molecule has 1 saturated carbocycles. The quantitative estimate of drug-likeness (QED) is 0.807. The predicted octanol–water partition coefficient (Wildman–Crippen LogP) is 2.53. The van der Waals surface area contributed by atoms with Crippen LogP contribution in [-0.4, -0.2) is 33.6 Å². The van der Waals surface area contributed by atoms with Crippen LogP contribution < -0.4 is 0 Å². The molecule has 7 heteroatoms. The van der Waals surface area contributed by atoms with Crippen LogP contribution in [0.2, 0.25) is 0 Å². The Morgan fingerprint density at radius 1 is 1.50 bits per heavy atom. The molecule has 2 rings (SSSR count). The van der Waals surface area contributed by atoms with Gasteiger partial charge in [-0.15, -0.1) is 0 Å². The minimum atomic E-state index is -4.93. The van der Waals surface area contributed by atoms with Crippen LogP contribution in [-0.2, 0) is 4.79 Å². The Bertz CT molecular complexity index is 447. The van der Waals surface area contributed by atoms with Crippen LogP contribution in [0.1, 0.15) is 40.0 Å². The summed E-state index contributed by atoms with van der Waals surface area (Å²) in [5.41, 5.74) is -2.91. The molecule has 0 aromatic rings. The second-order valence-corrected chi connectivity index (χ2v) is 6.05. The molecule has 0 radical (unpaired) electrons. The zero-order chi connectivity index (χ0) is 15.3. The van der Waals surface area contributed by atoms with Gasteiger partial charge >= 0.3 is 6.18 Å². The fourth-order valence-electron chi connectivity index (χ4n) is 2.87. The average molecular weight is 292 g/mol. The summed E-state index contributed by atoms with van der Waals surface area (Å²) in [6.45, 7) is 4.83. The number of hydrogen-bond donors (Lipinski definition) is 1. The highest BCUT2D eigenvalue weighted by Gasteiger charge is 2.68. The topological polar surface area (TPSA) is 52.9 Å². The summed E-state index contributed by atoms with van der Waals surface area (Å²) in [7, 11) is 0. The Morgan fingerprint density at radius 2 is 2.10 bits per heavy atom. The first kappa shape index (κ1) is 15.3. The third-order valence-electron chi connectivity index (χ3n) is 4.09. The average Bonchev–Trinajstić information content (AvgIpc) is 2.62. The Kier molecular flexibility index (Phi) is 3.60. The summed E-state index contributed by atoms with van der Waals surface area (Å²) in [5, 5.41) is 14.4. The molecule has 2 aliphatic rings. The van der Waals surface area contributed by atoms with Crippen LogP contribution in [0, 0.1) is 17.8 Å². The zero-order valence-corrected chi connectivity index (χ0v) is 11.7. The first-order valence-electron chi connectivity index (χ1n) is 6.79. The van der Waals surface area contributed by atoms with Gasteiger partial charge in [0.2, 0.25) is 5.91 Å². The van der Waals surface area contributed by atoms with E-state index >= 15 is 0 Å². The monoisotopic (exact) mass is 292 g/mol. The van der Waals surface area contributed by atoms with Crippen molar-refractivity contribution in [3.05, 3.63) is 0 Å². The maximum Gasteiger partial charge on any atom is 0.439 e. The minimum Gasteiger partial charge on any atom is -0.362 e. The van der Waals surface area contributed by atoms with E-state index in [1.54, 1.807) is 0 Å². The molecule has 0 unspecified atom stereocenters. The van der Waals surface area contributed by atoms with Gasteiger partial charge in [0.15, 0.2) is 0 Å². The first-order chi connectivity index (χ1) is 9.09. The number of hydrazone groups is 1. The summed E-state index contributed by atoms with van der Waals surface area (Å²) >= 11 is 0. The van der Waals surface area contributed by atoms with Crippen LogP contribution in [0.15, 0.2) is 5.10 Å². The molecular formula is C13H19F3N2O2. The minimum absolute atomic E-state index is 0.0712. The molecule has 1 aliphatic carbocycles. The summed E-state index contributed by atoms with van der Waals surface area (Å²) in [5.74, 6) is -2.54. The molecule has 1 heterocycles. The van der Waals surface area contributed by atoms with E-state index in [4.69, 9.17) is 0 Å². The Morgan fingerprint density at radius 3 is 2.60 bits per heavy atom. The molecule has 1 N–H and O–H groups in total. The van der Waals surface area contributed by atoms with Crippen LogP contribution in [0.3, 0.4) is 0 Å². The van der Waals surface area contributed by atoms with Crippen molar-refractivity contribution in [2.75, 3.05) is 0 Å². The van der Waals surface area contributed by atoms with Crippen LogP contribution in [0.5, 0.6) is 0 Å². The van der Waals surface area contributed by atoms with Crippen molar-refractivity contribution in [1.82, 2.24) is 5.01 Å². The molecular weight excluding hydrogens is 273 g/mol. The summed E-state index contributed by atoms with van der Waals surface area (Å²) in [4.78, 5) is 12.0. The molecule has 4 nitrogen and oxygen atoms in total. The number of fused-ring (bicyclic) bond motifs is 1. The number of halogens is 3. The summed E-state index contributed by atoms with van der Waals surface area (Å²) in [6.07, 6.45) is -3.61. The molecule has 0 aromatic heterocycles. The van der Waals surface area contributed by atoms with Gasteiger partial charge in [0.1, 0.15) is 0 Å². The first-order valence-corrected chi connectivity index (χ1v) is 6.79. The smallest absolute Gasteiger partial charge is 0.362 e. The zero-order valence-electron chi connectivity index (χ0n) is 11.7. The molecule has 1 aliphatic heterocycles. The molecule has 0 saturated heterocycles. The number of nitrogens with zero attached hydrogens (tertiary/aromatic N) is 2. The largest absolute Gasteiger partial charge is 0.439 e. The third-order valence-corrected chi connectivity index (χ3v) is 4.09. The van der Waals surface area contributed by atoms with Gasteiger partial charge in [-0.1, -0.05) is 20.8 Å². The van der Waals surface area contributed by atoms with Crippen molar-refractivity contribution >= 4 is 11.6 Å². The number of amides is 1. The highest BCUT2D eigenvalue weighted by Crippen LogP contribution is 2.49. The Balaban J connectivity index is 2.45. The van der Waals surface area contributed by atoms with Crippen molar-refractivity contribution in [2.45, 2.75) is 51.9 Å². The standard InChI is InChI=1S/C13H19F3N2O2/c1-7(2)11(19)18-12(20,13(14,15)16)9-6-8(3)4-5-10(9)17-18/h7-9,20H,4-6H2,1-3H3/t8-,9+,12-/m1/s1. The lowest BCUT2D eigenvalue weighted by Gasteiger charge is -2.39. The molecule has 0 bridgehead atoms. The lowest BCUT2D eigenvalue weighted by atomic mass is 9.76. The molecule has 1 fully saturated rings. The van der Waals surface area contributed by atoms with Gasteiger partial charge in [-0.3, -0.25) is 4.79 Å². The number of carbonyl (C=O) groups excluding carboxylic acids is 1. The highest BCUT2D eigenvalue weighted by molar-refractivity contribution is 5.93. The van der Waals surface area contributed by atoms with Crippen LogP contribution >= 0.6 is 0 Å². The van der Waals surface area contributed by atoms with E-state index < -0.39 is 29.6 Å². The lowest BCUT2D eigenvalue weighted by Crippen LogP contribution is -2.62. The molecule has 1 amide bonds. The third kappa shape index (κ3) is 2.12. The maximum atomic E-state index is 13.4. The van der Waals surface area contributed by atoms with E-state index in [9.17, 15) is 23.1 Å². The molecule has 3 atom stereocenters. The van der Waals surface area contributed by atoms with Crippen molar-refractivity contribution in [2.24, 2.45) is 22.9 Å². The number of carbonyl (C=O) groups is 1. The maximum absolute atomic E-state index is 13.4. The van der Waals surface area contributed by atoms with E-state index in [1.165, 1.54) is 13.8 Å². The fourth-order valence-corrected chi connectivity index (χ4v) is 2.87. The number of alkyl halides is 3. The van der Waals surface area contributed by atoms with Crippen molar-refractivity contribution in [3.8, 4) is 0 Å². The second-order valence-electron chi connectivity index (χ2n) is 6.05. The van der Waals surface area contributed by atoms with Gasteiger partial charge in [0.05, 0.1) is 5.92 Å². The van der Waals surface area contributed by atoms with Gasteiger partial charge < -0.3 is 5.11 Å². The van der Waals surface area contributed by atoms with Gasteiger partial charge in [0, 0.05) is 11.6 Å².